The monoisotopic (exact) mass is 369 g/mol. The Balaban J connectivity index is 1.57. The van der Waals surface area contributed by atoms with Gasteiger partial charge in [-0.15, -0.1) is 0 Å². The SMILES string of the molecule is COc1ccc([C@@H]2CN(Cc3ccc(F)c(F)c3)C[C@H]2c2ccn[nH]2)cc1. The van der Waals surface area contributed by atoms with Crippen LogP contribution in [0.25, 0.3) is 0 Å². The topological polar surface area (TPSA) is 41.1 Å². The lowest BCUT2D eigenvalue weighted by Gasteiger charge is -2.18. The van der Waals surface area contributed by atoms with Crippen LogP contribution >= 0.6 is 0 Å². The molecule has 0 amide bonds. The molecule has 4 nitrogen and oxygen atoms in total. The predicted molar refractivity (Wildman–Crippen MR) is 98.7 cm³/mol. The molecular formula is C21H21F2N3O. The van der Waals surface area contributed by atoms with E-state index >= 15 is 0 Å². The lowest BCUT2D eigenvalue weighted by atomic mass is 9.87. The maximum Gasteiger partial charge on any atom is 0.159 e. The third-order valence-electron chi connectivity index (χ3n) is 5.25. The minimum Gasteiger partial charge on any atom is -0.497 e. The quantitative estimate of drug-likeness (QED) is 0.737. The van der Waals surface area contributed by atoms with Crippen molar-refractivity contribution in [3.63, 3.8) is 0 Å². The van der Waals surface area contributed by atoms with E-state index in [1.165, 1.54) is 17.7 Å². The Morgan fingerprint density at radius 2 is 1.81 bits per heavy atom. The van der Waals surface area contributed by atoms with Crippen molar-refractivity contribution in [1.82, 2.24) is 15.1 Å². The van der Waals surface area contributed by atoms with E-state index in [1.807, 2.05) is 18.2 Å². The number of benzene rings is 2. The maximum absolute atomic E-state index is 13.5. The van der Waals surface area contributed by atoms with Crippen molar-refractivity contribution in [2.75, 3.05) is 20.2 Å². The molecule has 2 aromatic carbocycles. The number of hydrogen-bond donors (Lipinski definition) is 1. The third kappa shape index (κ3) is 3.71. The van der Waals surface area contributed by atoms with Crippen LogP contribution in [0.1, 0.15) is 28.7 Å². The fourth-order valence-corrected chi connectivity index (χ4v) is 3.89. The summed E-state index contributed by atoms with van der Waals surface area (Å²) in [5.74, 6) is -0.253. The minimum atomic E-state index is -0.813. The van der Waals surface area contributed by atoms with Crippen LogP contribution in [0.2, 0.25) is 0 Å². The summed E-state index contributed by atoms with van der Waals surface area (Å²) in [4.78, 5) is 2.27. The number of nitrogens with one attached hydrogen (secondary N) is 1. The summed E-state index contributed by atoms with van der Waals surface area (Å²) in [5.41, 5.74) is 3.08. The lowest BCUT2D eigenvalue weighted by molar-refractivity contribution is 0.322. The van der Waals surface area contributed by atoms with Gasteiger partial charge in [-0.25, -0.2) is 8.78 Å². The standard InChI is InChI=1S/C21H21F2N3O/c1-27-16-5-3-15(4-6-16)17-12-26(13-18(17)21-8-9-24-25-21)11-14-2-7-19(22)20(23)10-14/h2-10,17-18H,11-13H2,1H3,(H,24,25)/t17-,18+/m0/s1. The second-order valence-corrected chi connectivity index (χ2v) is 6.94. The molecule has 0 spiro atoms. The van der Waals surface area contributed by atoms with Crippen LogP contribution in [0.4, 0.5) is 8.78 Å². The van der Waals surface area contributed by atoms with Crippen molar-refractivity contribution in [2.24, 2.45) is 0 Å². The molecule has 0 saturated carbocycles. The number of nitrogens with zero attached hydrogens (tertiary/aromatic N) is 2. The van der Waals surface area contributed by atoms with Crippen LogP contribution in [-0.2, 0) is 6.54 Å². The third-order valence-corrected chi connectivity index (χ3v) is 5.25. The van der Waals surface area contributed by atoms with Crippen LogP contribution in [-0.4, -0.2) is 35.3 Å². The average molecular weight is 369 g/mol. The van der Waals surface area contributed by atoms with Crippen LogP contribution in [0, 0.1) is 11.6 Å². The molecule has 27 heavy (non-hydrogen) atoms. The largest absolute Gasteiger partial charge is 0.497 e. The molecule has 0 unspecified atom stereocenters. The van der Waals surface area contributed by atoms with Gasteiger partial charge in [-0.3, -0.25) is 10.00 Å². The van der Waals surface area contributed by atoms with Gasteiger partial charge in [0, 0.05) is 43.4 Å². The van der Waals surface area contributed by atoms with E-state index in [1.54, 1.807) is 19.4 Å². The van der Waals surface area contributed by atoms with E-state index in [-0.39, 0.29) is 11.8 Å². The first kappa shape index (κ1) is 17.7. The number of aromatic nitrogens is 2. The molecule has 140 valence electrons. The normalized spacial score (nSPS) is 20.1. The van der Waals surface area contributed by atoms with Gasteiger partial charge in [0.1, 0.15) is 5.75 Å². The Hall–Kier alpha value is -2.73. The number of aromatic amines is 1. The van der Waals surface area contributed by atoms with Gasteiger partial charge in [0.2, 0.25) is 0 Å². The zero-order chi connectivity index (χ0) is 18.8. The molecule has 4 rings (SSSR count). The second-order valence-electron chi connectivity index (χ2n) is 6.94. The lowest BCUT2D eigenvalue weighted by Crippen LogP contribution is -2.20. The van der Waals surface area contributed by atoms with Crippen molar-refractivity contribution in [3.05, 3.63) is 83.2 Å². The highest BCUT2D eigenvalue weighted by molar-refractivity contribution is 5.33. The van der Waals surface area contributed by atoms with E-state index in [0.29, 0.717) is 6.54 Å². The second kappa shape index (κ2) is 7.48. The van der Waals surface area contributed by atoms with Crippen LogP contribution in [0.3, 0.4) is 0 Å². The Morgan fingerprint density at radius 1 is 1.04 bits per heavy atom. The van der Waals surface area contributed by atoms with E-state index < -0.39 is 11.6 Å². The maximum atomic E-state index is 13.5. The van der Waals surface area contributed by atoms with E-state index in [4.69, 9.17) is 4.74 Å². The molecule has 1 aliphatic heterocycles. The van der Waals surface area contributed by atoms with Crippen molar-refractivity contribution in [2.45, 2.75) is 18.4 Å². The zero-order valence-electron chi connectivity index (χ0n) is 15.0. The smallest absolute Gasteiger partial charge is 0.159 e. The summed E-state index contributed by atoms with van der Waals surface area (Å²) in [7, 11) is 1.65. The molecule has 3 aromatic rings. The number of halogens is 2. The molecule has 0 aliphatic carbocycles. The highest BCUT2D eigenvalue weighted by atomic mass is 19.2. The Kier molecular flexibility index (Phi) is 4.90. The van der Waals surface area contributed by atoms with Gasteiger partial charge in [0.15, 0.2) is 11.6 Å². The molecule has 1 fully saturated rings. The Labute approximate surface area is 156 Å². The van der Waals surface area contributed by atoms with E-state index in [9.17, 15) is 8.78 Å². The molecule has 2 atom stereocenters. The fraction of sp³-hybridized carbons (Fsp3) is 0.286. The first-order valence-electron chi connectivity index (χ1n) is 8.93. The number of likely N-dealkylation sites (tertiary alicyclic amines) is 1. The molecule has 0 bridgehead atoms. The minimum absolute atomic E-state index is 0.256. The van der Waals surface area contributed by atoms with Gasteiger partial charge in [0.05, 0.1) is 7.11 Å². The fourth-order valence-electron chi connectivity index (χ4n) is 3.89. The van der Waals surface area contributed by atoms with Crippen molar-refractivity contribution in [1.29, 1.82) is 0 Å². The Morgan fingerprint density at radius 3 is 2.48 bits per heavy atom. The van der Waals surface area contributed by atoms with Crippen molar-refractivity contribution >= 4 is 0 Å². The first-order chi connectivity index (χ1) is 13.1. The number of ether oxygens (including phenoxy) is 1. The van der Waals surface area contributed by atoms with Gasteiger partial charge in [-0.1, -0.05) is 18.2 Å². The summed E-state index contributed by atoms with van der Waals surface area (Å²) in [5, 5.41) is 7.19. The predicted octanol–water partition coefficient (Wildman–Crippen LogP) is 4.08. The van der Waals surface area contributed by atoms with Crippen LogP contribution in [0.5, 0.6) is 5.75 Å². The van der Waals surface area contributed by atoms with Crippen LogP contribution in [0.15, 0.2) is 54.7 Å². The molecular weight excluding hydrogens is 348 g/mol. The van der Waals surface area contributed by atoms with E-state index in [0.717, 1.165) is 30.1 Å². The van der Waals surface area contributed by atoms with Gasteiger partial charge < -0.3 is 4.74 Å². The van der Waals surface area contributed by atoms with Gasteiger partial charge in [-0.05, 0) is 41.5 Å². The molecule has 1 N–H and O–H groups in total. The molecule has 2 heterocycles. The van der Waals surface area contributed by atoms with E-state index in [2.05, 4.69) is 27.2 Å². The molecule has 1 aromatic heterocycles. The molecule has 0 radical (unpaired) electrons. The molecule has 6 heteroatoms. The highest BCUT2D eigenvalue weighted by Gasteiger charge is 2.35. The number of methoxy groups -OCH3 is 1. The summed E-state index contributed by atoms with van der Waals surface area (Å²) in [6.07, 6.45) is 1.76. The number of H-pyrrole nitrogens is 1. The molecule has 1 aliphatic rings. The first-order valence-corrected chi connectivity index (χ1v) is 8.93. The average Bonchev–Trinajstić information content (AvgIpc) is 3.34. The summed E-state index contributed by atoms with van der Waals surface area (Å²) >= 11 is 0. The van der Waals surface area contributed by atoms with Crippen molar-refractivity contribution < 1.29 is 13.5 Å². The highest BCUT2D eigenvalue weighted by Crippen LogP contribution is 2.39. The summed E-state index contributed by atoms with van der Waals surface area (Å²) in [6, 6.07) is 14.2. The van der Waals surface area contributed by atoms with Crippen LogP contribution < -0.4 is 4.74 Å². The van der Waals surface area contributed by atoms with Gasteiger partial charge >= 0.3 is 0 Å². The number of rotatable bonds is 5. The van der Waals surface area contributed by atoms with Gasteiger partial charge in [0.25, 0.3) is 0 Å². The van der Waals surface area contributed by atoms with Gasteiger partial charge in [-0.2, -0.15) is 5.10 Å². The summed E-state index contributed by atoms with van der Waals surface area (Å²) < 4.78 is 32.0. The Bertz CT molecular complexity index is 896. The molecule has 1 saturated heterocycles. The van der Waals surface area contributed by atoms with Crippen molar-refractivity contribution in [3.8, 4) is 5.75 Å². The zero-order valence-corrected chi connectivity index (χ0v) is 15.0. The number of hydrogen-bond acceptors (Lipinski definition) is 3. The summed E-state index contributed by atoms with van der Waals surface area (Å²) in [6.45, 7) is 2.22.